The average molecular weight is 403 g/mol. The molecule has 0 spiro atoms. The number of hydrogen-bond acceptors (Lipinski definition) is 6. The largest absolute Gasteiger partial charge is 0.450 e. The second kappa shape index (κ2) is 8.16. The van der Waals surface area contributed by atoms with Crippen molar-refractivity contribution in [3.63, 3.8) is 0 Å². The van der Waals surface area contributed by atoms with E-state index in [2.05, 4.69) is 10.3 Å². The molecule has 10 heteroatoms. The number of benzene rings is 1. The molecule has 1 atom stereocenters. The maximum absolute atomic E-state index is 13.1. The Morgan fingerprint density at radius 2 is 1.86 bits per heavy atom. The fourth-order valence-corrected chi connectivity index (χ4v) is 3.51. The van der Waals surface area contributed by atoms with Crippen molar-refractivity contribution in [3.05, 3.63) is 47.0 Å². The van der Waals surface area contributed by atoms with Crippen LogP contribution in [0.25, 0.3) is 0 Å². The molecule has 2 amide bonds. The summed E-state index contributed by atoms with van der Waals surface area (Å²) in [6.45, 7) is 4.32. The lowest BCUT2D eigenvalue weighted by atomic mass is 10.1. The van der Waals surface area contributed by atoms with E-state index >= 15 is 0 Å². The highest BCUT2D eigenvalue weighted by atomic mass is 19.1. The molecule has 154 valence electrons. The van der Waals surface area contributed by atoms with Crippen LogP contribution in [0.2, 0.25) is 0 Å². The smallest absolute Gasteiger partial charge is 0.409 e. The Labute approximate surface area is 167 Å². The van der Waals surface area contributed by atoms with Gasteiger partial charge in [-0.15, -0.1) is 5.10 Å². The van der Waals surface area contributed by atoms with Gasteiger partial charge in [-0.05, 0) is 24.6 Å². The molecular weight excluding hydrogens is 381 g/mol. The van der Waals surface area contributed by atoms with Crippen molar-refractivity contribution in [2.24, 2.45) is 0 Å². The second-order valence-corrected chi connectivity index (χ2v) is 6.90. The van der Waals surface area contributed by atoms with Crippen molar-refractivity contribution in [1.29, 1.82) is 0 Å². The summed E-state index contributed by atoms with van der Waals surface area (Å²) in [5.41, 5.74) is 1.74. The standard InChI is InChI=1S/C19H22FN5O4/c1-2-28-19(27)24-9-7-23(8-10-24)18(26)17-15-12-29-16(11-25(15)22-21-17)13-3-5-14(20)6-4-13/h3-6,16H,2,7-12H2,1H3/t16-/m1/s1. The number of carbonyl (C=O) groups is 2. The van der Waals surface area contributed by atoms with E-state index in [9.17, 15) is 14.0 Å². The minimum Gasteiger partial charge on any atom is -0.450 e. The molecule has 1 aromatic carbocycles. The van der Waals surface area contributed by atoms with Crippen LogP contribution in [0, 0.1) is 5.82 Å². The predicted molar refractivity (Wildman–Crippen MR) is 98.5 cm³/mol. The molecule has 2 aliphatic rings. The van der Waals surface area contributed by atoms with Gasteiger partial charge in [-0.3, -0.25) is 4.79 Å². The van der Waals surface area contributed by atoms with Gasteiger partial charge in [0.25, 0.3) is 5.91 Å². The van der Waals surface area contributed by atoms with E-state index in [0.717, 1.165) is 5.56 Å². The molecule has 1 aromatic heterocycles. The van der Waals surface area contributed by atoms with Gasteiger partial charge in [-0.25, -0.2) is 13.9 Å². The van der Waals surface area contributed by atoms with Crippen molar-refractivity contribution in [1.82, 2.24) is 24.8 Å². The molecule has 1 fully saturated rings. The number of halogens is 1. The lowest BCUT2D eigenvalue weighted by molar-refractivity contribution is -0.00207. The van der Waals surface area contributed by atoms with Crippen molar-refractivity contribution in [2.45, 2.75) is 26.2 Å². The lowest BCUT2D eigenvalue weighted by Crippen LogP contribution is -2.51. The number of nitrogens with zero attached hydrogens (tertiary/aromatic N) is 5. The van der Waals surface area contributed by atoms with Gasteiger partial charge < -0.3 is 19.3 Å². The number of carbonyl (C=O) groups excluding carboxylic acids is 2. The van der Waals surface area contributed by atoms with E-state index in [1.807, 2.05) is 0 Å². The van der Waals surface area contributed by atoms with Gasteiger partial charge >= 0.3 is 6.09 Å². The highest BCUT2D eigenvalue weighted by Gasteiger charge is 2.32. The number of aromatic nitrogens is 3. The molecule has 29 heavy (non-hydrogen) atoms. The van der Waals surface area contributed by atoms with Crippen LogP contribution in [0.5, 0.6) is 0 Å². The van der Waals surface area contributed by atoms with Crippen LogP contribution >= 0.6 is 0 Å². The second-order valence-electron chi connectivity index (χ2n) is 6.90. The SMILES string of the molecule is CCOC(=O)N1CCN(C(=O)c2nnn3c2CO[C@@H](c2ccc(F)cc2)C3)CC1. The van der Waals surface area contributed by atoms with E-state index in [1.54, 1.807) is 33.5 Å². The van der Waals surface area contributed by atoms with Gasteiger partial charge in [0.2, 0.25) is 0 Å². The summed E-state index contributed by atoms with van der Waals surface area (Å²) in [5.74, 6) is -0.527. The normalized spacial score (nSPS) is 19.0. The van der Waals surface area contributed by atoms with Crippen LogP contribution < -0.4 is 0 Å². The topological polar surface area (TPSA) is 89.8 Å². The molecule has 2 aromatic rings. The van der Waals surface area contributed by atoms with Gasteiger partial charge in [0, 0.05) is 26.2 Å². The third-order valence-corrected chi connectivity index (χ3v) is 5.13. The first-order chi connectivity index (χ1) is 14.1. The Bertz CT molecular complexity index is 893. The number of fused-ring (bicyclic) bond motifs is 1. The monoisotopic (exact) mass is 403 g/mol. The molecule has 0 unspecified atom stereocenters. The Balaban J connectivity index is 1.41. The van der Waals surface area contributed by atoms with Crippen LogP contribution in [-0.4, -0.2) is 69.6 Å². The number of hydrogen-bond donors (Lipinski definition) is 0. The maximum Gasteiger partial charge on any atom is 0.409 e. The zero-order valence-corrected chi connectivity index (χ0v) is 16.1. The molecule has 4 rings (SSSR count). The van der Waals surface area contributed by atoms with Crippen molar-refractivity contribution in [2.75, 3.05) is 32.8 Å². The molecule has 0 radical (unpaired) electrons. The molecule has 0 bridgehead atoms. The zero-order chi connectivity index (χ0) is 20.4. The number of amides is 2. The van der Waals surface area contributed by atoms with Crippen molar-refractivity contribution in [3.8, 4) is 0 Å². The van der Waals surface area contributed by atoms with Gasteiger partial charge in [0.05, 0.1) is 25.5 Å². The highest BCUT2D eigenvalue weighted by Crippen LogP contribution is 2.27. The summed E-state index contributed by atoms with van der Waals surface area (Å²) in [6, 6.07) is 6.13. The molecule has 9 nitrogen and oxygen atoms in total. The fraction of sp³-hybridized carbons (Fsp3) is 0.474. The van der Waals surface area contributed by atoms with Crippen LogP contribution in [0.4, 0.5) is 9.18 Å². The first kappa shape index (κ1) is 19.3. The molecular formula is C19H22FN5O4. The van der Waals surface area contributed by atoms with E-state index < -0.39 is 0 Å². The lowest BCUT2D eigenvalue weighted by Gasteiger charge is -2.33. The van der Waals surface area contributed by atoms with Gasteiger partial charge in [0.15, 0.2) is 5.69 Å². The molecule has 3 heterocycles. The average Bonchev–Trinajstić information content (AvgIpc) is 3.17. The summed E-state index contributed by atoms with van der Waals surface area (Å²) in [7, 11) is 0. The number of piperazine rings is 1. The number of ether oxygens (including phenoxy) is 2. The Hall–Kier alpha value is -3.01. The van der Waals surface area contributed by atoms with E-state index in [-0.39, 0.29) is 36.2 Å². The third kappa shape index (κ3) is 3.93. The minimum absolute atomic E-state index is 0.193. The Morgan fingerprint density at radius 3 is 2.55 bits per heavy atom. The quantitative estimate of drug-likeness (QED) is 0.773. The summed E-state index contributed by atoms with van der Waals surface area (Å²) in [6.07, 6.45) is -0.637. The Morgan fingerprint density at radius 1 is 1.17 bits per heavy atom. The first-order valence-corrected chi connectivity index (χ1v) is 9.57. The molecule has 0 saturated carbocycles. The summed E-state index contributed by atoms with van der Waals surface area (Å²) in [5, 5.41) is 8.19. The summed E-state index contributed by atoms with van der Waals surface area (Å²) < 4.78 is 25.7. The van der Waals surface area contributed by atoms with E-state index in [1.165, 1.54) is 12.1 Å². The summed E-state index contributed by atoms with van der Waals surface area (Å²) in [4.78, 5) is 27.9. The number of rotatable bonds is 3. The minimum atomic E-state index is -0.360. The van der Waals surface area contributed by atoms with Crippen molar-refractivity contribution < 1.29 is 23.5 Å². The fourth-order valence-electron chi connectivity index (χ4n) is 3.51. The Kier molecular flexibility index (Phi) is 5.43. The maximum atomic E-state index is 13.1. The molecule has 2 aliphatic heterocycles. The van der Waals surface area contributed by atoms with Gasteiger partial charge in [-0.2, -0.15) is 0 Å². The zero-order valence-electron chi connectivity index (χ0n) is 16.1. The predicted octanol–water partition coefficient (Wildman–Crippen LogP) is 1.60. The van der Waals surface area contributed by atoms with E-state index in [0.29, 0.717) is 45.0 Å². The van der Waals surface area contributed by atoms with Gasteiger partial charge in [-0.1, -0.05) is 17.3 Å². The summed E-state index contributed by atoms with van der Waals surface area (Å²) >= 11 is 0. The van der Waals surface area contributed by atoms with Crippen LogP contribution in [0.3, 0.4) is 0 Å². The molecule has 0 N–H and O–H groups in total. The molecule has 1 saturated heterocycles. The van der Waals surface area contributed by atoms with Gasteiger partial charge in [0.1, 0.15) is 11.9 Å². The third-order valence-electron chi connectivity index (χ3n) is 5.13. The first-order valence-electron chi connectivity index (χ1n) is 9.57. The van der Waals surface area contributed by atoms with Crippen LogP contribution in [-0.2, 0) is 22.6 Å². The van der Waals surface area contributed by atoms with Crippen LogP contribution in [0.15, 0.2) is 24.3 Å². The van der Waals surface area contributed by atoms with Crippen molar-refractivity contribution >= 4 is 12.0 Å². The van der Waals surface area contributed by atoms with Crippen LogP contribution in [0.1, 0.15) is 34.8 Å². The highest BCUT2D eigenvalue weighted by molar-refractivity contribution is 5.93. The molecule has 0 aliphatic carbocycles. The van der Waals surface area contributed by atoms with E-state index in [4.69, 9.17) is 9.47 Å².